The van der Waals surface area contributed by atoms with Crippen LogP contribution in [-0.2, 0) is 21.5 Å². The summed E-state index contributed by atoms with van der Waals surface area (Å²) in [5, 5.41) is 9.97. The number of aromatic nitrogens is 3. The number of thiazole rings is 1. The van der Waals surface area contributed by atoms with Gasteiger partial charge in [-0.3, -0.25) is 9.48 Å². The van der Waals surface area contributed by atoms with Gasteiger partial charge in [-0.25, -0.2) is 4.98 Å². The molecule has 0 bridgehead atoms. The highest BCUT2D eigenvalue weighted by Crippen LogP contribution is 2.38. The van der Waals surface area contributed by atoms with Gasteiger partial charge < -0.3 is 14.8 Å². The highest BCUT2D eigenvalue weighted by Gasteiger charge is 2.32. The number of alkyl halides is 3. The molecule has 0 aliphatic carbocycles. The molecule has 1 fully saturated rings. The third kappa shape index (κ3) is 6.64. The minimum absolute atomic E-state index is 0.0963. The van der Waals surface area contributed by atoms with Gasteiger partial charge in [0.1, 0.15) is 10.8 Å². The van der Waals surface area contributed by atoms with Gasteiger partial charge in [0, 0.05) is 30.7 Å². The van der Waals surface area contributed by atoms with Crippen LogP contribution in [0.3, 0.4) is 0 Å². The van der Waals surface area contributed by atoms with Gasteiger partial charge in [0.25, 0.3) is 0 Å². The van der Waals surface area contributed by atoms with Crippen molar-refractivity contribution < 1.29 is 27.4 Å². The number of halogens is 3. The predicted molar refractivity (Wildman–Crippen MR) is 131 cm³/mol. The number of hydrogen-bond donors (Lipinski definition) is 1. The second-order valence-electron chi connectivity index (χ2n) is 9.75. The summed E-state index contributed by atoms with van der Waals surface area (Å²) >= 11 is 1.37. The average molecular weight is 523 g/mol. The minimum atomic E-state index is -4.79. The maximum atomic E-state index is 12.8. The number of carbonyl (C=O) groups is 1. The average Bonchev–Trinajstić information content (AvgIpc) is 3.44. The second kappa shape index (κ2) is 10.6. The molecular weight excluding hydrogens is 493 g/mol. The monoisotopic (exact) mass is 522 g/mol. The predicted octanol–water partition coefficient (Wildman–Crippen LogP) is 5.41. The molecule has 1 N–H and O–H groups in total. The number of hydrogen-bond acceptors (Lipinski definition) is 6. The van der Waals surface area contributed by atoms with Crippen LogP contribution in [0.5, 0.6) is 5.75 Å². The van der Waals surface area contributed by atoms with Crippen LogP contribution in [0.4, 0.5) is 13.2 Å². The summed E-state index contributed by atoms with van der Waals surface area (Å²) < 4.78 is 49.7. The number of nitrogens with zero attached hydrogens (tertiary/aromatic N) is 3. The summed E-state index contributed by atoms with van der Waals surface area (Å²) in [5.41, 5.74) is 2.00. The summed E-state index contributed by atoms with van der Waals surface area (Å²) in [6, 6.07) is 5.82. The van der Waals surface area contributed by atoms with E-state index < -0.39 is 11.9 Å². The van der Waals surface area contributed by atoms with E-state index in [1.807, 2.05) is 26.2 Å². The fourth-order valence-corrected chi connectivity index (χ4v) is 4.91. The van der Waals surface area contributed by atoms with Crippen LogP contribution in [-0.4, -0.2) is 46.8 Å². The lowest BCUT2D eigenvalue weighted by Gasteiger charge is -2.23. The van der Waals surface area contributed by atoms with Gasteiger partial charge in [-0.15, -0.1) is 24.5 Å². The standard InChI is InChI=1S/C25H29F3N4O3S/c1-24(2,3)32-22(17-5-4-6-19(11-17)35-25(26,27)28)20(14-30-32)23-31-18(15-36-23)12-21(33)29-13-16-7-9-34-10-8-16/h4-6,11,14-16H,7-10,12-13H2,1-3H3,(H,29,33). The second-order valence-corrected chi connectivity index (χ2v) is 10.6. The van der Waals surface area contributed by atoms with Crippen LogP contribution in [0.2, 0.25) is 0 Å². The lowest BCUT2D eigenvalue weighted by atomic mass is 10.0. The van der Waals surface area contributed by atoms with E-state index in [4.69, 9.17) is 4.74 Å². The van der Waals surface area contributed by atoms with Gasteiger partial charge in [-0.05, 0) is 51.7 Å². The first-order chi connectivity index (χ1) is 17.0. The van der Waals surface area contributed by atoms with Crippen molar-refractivity contribution >= 4 is 17.2 Å². The number of amides is 1. The maximum Gasteiger partial charge on any atom is 0.573 e. The molecule has 1 aromatic carbocycles. The summed E-state index contributed by atoms with van der Waals surface area (Å²) in [5.74, 6) is 0.0196. The van der Waals surface area contributed by atoms with E-state index in [2.05, 4.69) is 20.1 Å². The summed E-state index contributed by atoms with van der Waals surface area (Å²) in [7, 11) is 0. The SMILES string of the molecule is CC(C)(C)n1ncc(-c2nc(CC(=O)NCC3CCOCC3)cs2)c1-c1cccc(OC(F)(F)F)c1. The Hall–Kier alpha value is -2.92. The van der Waals surface area contributed by atoms with E-state index >= 15 is 0 Å². The van der Waals surface area contributed by atoms with E-state index in [0.29, 0.717) is 40.0 Å². The van der Waals surface area contributed by atoms with E-state index in [-0.39, 0.29) is 18.1 Å². The number of nitrogens with one attached hydrogen (secondary N) is 1. The number of benzene rings is 1. The fourth-order valence-electron chi connectivity index (χ4n) is 4.08. The molecule has 0 atom stereocenters. The fraction of sp³-hybridized carbons (Fsp3) is 0.480. The normalized spacial score (nSPS) is 15.2. The number of carbonyl (C=O) groups excluding carboxylic acids is 1. The third-order valence-electron chi connectivity index (χ3n) is 5.80. The molecule has 36 heavy (non-hydrogen) atoms. The number of rotatable bonds is 7. The van der Waals surface area contributed by atoms with Crippen LogP contribution in [0, 0.1) is 5.92 Å². The zero-order valence-electron chi connectivity index (χ0n) is 20.4. The van der Waals surface area contributed by atoms with Crippen molar-refractivity contribution in [3.63, 3.8) is 0 Å². The molecule has 7 nitrogen and oxygen atoms in total. The van der Waals surface area contributed by atoms with Crippen LogP contribution in [0.15, 0.2) is 35.8 Å². The highest BCUT2D eigenvalue weighted by atomic mass is 32.1. The Morgan fingerprint density at radius 2 is 2.00 bits per heavy atom. The van der Waals surface area contributed by atoms with Crippen molar-refractivity contribution in [2.45, 2.75) is 51.9 Å². The van der Waals surface area contributed by atoms with Gasteiger partial charge in [0.15, 0.2) is 0 Å². The van der Waals surface area contributed by atoms with Crippen LogP contribution in [0.25, 0.3) is 21.8 Å². The maximum absolute atomic E-state index is 12.8. The molecule has 1 aliphatic heterocycles. The highest BCUT2D eigenvalue weighted by molar-refractivity contribution is 7.13. The zero-order valence-corrected chi connectivity index (χ0v) is 21.2. The van der Waals surface area contributed by atoms with Crippen molar-refractivity contribution in [2.75, 3.05) is 19.8 Å². The Morgan fingerprint density at radius 1 is 1.25 bits per heavy atom. The molecule has 1 amide bonds. The molecule has 1 saturated heterocycles. The molecule has 0 radical (unpaired) electrons. The lowest BCUT2D eigenvalue weighted by molar-refractivity contribution is -0.274. The Bertz CT molecular complexity index is 1190. The van der Waals surface area contributed by atoms with Gasteiger partial charge in [-0.1, -0.05) is 12.1 Å². The molecule has 194 valence electrons. The zero-order chi connectivity index (χ0) is 25.9. The molecule has 11 heteroatoms. The molecule has 3 heterocycles. The van der Waals surface area contributed by atoms with Crippen molar-refractivity contribution in [1.82, 2.24) is 20.1 Å². The summed E-state index contributed by atoms with van der Waals surface area (Å²) in [6.07, 6.45) is -1.10. The first-order valence-corrected chi connectivity index (χ1v) is 12.6. The summed E-state index contributed by atoms with van der Waals surface area (Å²) in [6.45, 7) is 7.95. The minimum Gasteiger partial charge on any atom is -0.406 e. The number of ether oxygens (including phenoxy) is 2. The Labute approximate surface area is 211 Å². The van der Waals surface area contributed by atoms with E-state index in [0.717, 1.165) is 26.1 Å². The van der Waals surface area contributed by atoms with Crippen molar-refractivity contribution in [3.8, 4) is 27.6 Å². The third-order valence-corrected chi connectivity index (χ3v) is 6.72. The topological polar surface area (TPSA) is 78.3 Å². The molecule has 2 aromatic heterocycles. The molecule has 0 spiro atoms. The summed E-state index contributed by atoms with van der Waals surface area (Å²) in [4.78, 5) is 17.1. The Kier molecular flexibility index (Phi) is 7.70. The van der Waals surface area contributed by atoms with Crippen LogP contribution >= 0.6 is 11.3 Å². The molecule has 0 saturated carbocycles. The molecule has 4 rings (SSSR count). The van der Waals surface area contributed by atoms with E-state index in [9.17, 15) is 18.0 Å². The van der Waals surface area contributed by atoms with Crippen molar-refractivity contribution in [2.24, 2.45) is 5.92 Å². The van der Waals surface area contributed by atoms with Gasteiger partial charge in [0.2, 0.25) is 5.91 Å². The molecular formula is C25H29F3N4O3S. The lowest BCUT2D eigenvalue weighted by Crippen LogP contribution is -2.33. The van der Waals surface area contributed by atoms with Crippen LogP contribution < -0.4 is 10.1 Å². The largest absolute Gasteiger partial charge is 0.573 e. The van der Waals surface area contributed by atoms with E-state index in [1.165, 1.54) is 29.5 Å². The van der Waals surface area contributed by atoms with E-state index in [1.54, 1.807) is 16.9 Å². The first kappa shape index (κ1) is 26.2. The molecule has 0 unspecified atom stereocenters. The first-order valence-electron chi connectivity index (χ1n) is 11.7. The Morgan fingerprint density at radius 3 is 2.69 bits per heavy atom. The smallest absolute Gasteiger partial charge is 0.406 e. The Balaban J connectivity index is 1.57. The van der Waals surface area contributed by atoms with Gasteiger partial charge in [0.05, 0.1) is 35.1 Å². The molecule has 3 aromatic rings. The molecule has 1 aliphatic rings. The van der Waals surface area contributed by atoms with Crippen molar-refractivity contribution in [1.29, 1.82) is 0 Å². The quantitative estimate of drug-likeness (QED) is 0.449. The van der Waals surface area contributed by atoms with Gasteiger partial charge >= 0.3 is 6.36 Å². The van der Waals surface area contributed by atoms with Crippen molar-refractivity contribution in [3.05, 3.63) is 41.5 Å². The van der Waals surface area contributed by atoms with Crippen LogP contribution in [0.1, 0.15) is 39.3 Å². The van der Waals surface area contributed by atoms with Gasteiger partial charge in [-0.2, -0.15) is 5.10 Å².